The van der Waals surface area contributed by atoms with Gasteiger partial charge in [0.1, 0.15) is 0 Å². The van der Waals surface area contributed by atoms with Crippen molar-refractivity contribution < 1.29 is 13.2 Å². The third-order valence-corrected chi connectivity index (χ3v) is 3.88. The second-order valence-electron chi connectivity index (χ2n) is 3.77. The Labute approximate surface area is 111 Å². The van der Waals surface area contributed by atoms with Crippen LogP contribution in [0.5, 0.6) is 6.01 Å². The number of ether oxygens (including phenoxy) is 1. The van der Waals surface area contributed by atoms with Gasteiger partial charge in [0.05, 0.1) is 12.0 Å². The van der Waals surface area contributed by atoms with Gasteiger partial charge in [0, 0.05) is 0 Å². The quantitative estimate of drug-likeness (QED) is 0.858. The van der Waals surface area contributed by atoms with Crippen LogP contribution < -0.4 is 9.46 Å². The van der Waals surface area contributed by atoms with Crippen LogP contribution in [0.4, 0.5) is 5.95 Å². The van der Waals surface area contributed by atoms with E-state index in [2.05, 4.69) is 19.9 Å². The van der Waals surface area contributed by atoms with E-state index in [1.165, 1.54) is 7.11 Å². The zero-order valence-electron chi connectivity index (χ0n) is 10.5. The molecular weight excluding hydrogens is 268 g/mol. The van der Waals surface area contributed by atoms with E-state index in [1.807, 2.05) is 6.92 Å². The lowest BCUT2D eigenvalue weighted by Gasteiger charge is -2.05. The number of hydrogen-bond acceptors (Lipinski definition) is 5. The molecular formula is C11H14N4O3S. The van der Waals surface area contributed by atoms with Crippen LogP contribution in [0.25, 0.3) is 0 Å². The molecule has 8 heteroatoms. The molecule has 19 heavy (non-hydrogen) atoms. The van der Waals surface area contributed by atoms with Crippen molar-refractivity contribution in [2.45, 2.75) is 18.2 Å². The molecule has 0 aliphatic carbocycles. The van der Waals surface area contributed by atoms with E-state index in [9.17, 15) is 8.42 Å². The number of nitrogens with zero attached hydrogens (tertiary/aromatic N) is 2. The first-order valence-electron chi connectivity index (χ1n) is 5.63. The SMILES string of the molecule is CCc1ccc(S(=O)(=O)Nc2nc(OC)n[nH]2)cc1. The standard InChI is InChI=1S/C11H14N4O3S/c1-3-8-4-6-9(7-5-8)19(16,17)15-10-12-11(18-2)14-13-10/h4-7H,3H2,1-2H3,(H2,12,13,14,15). The average molecular weight is 282 g/mol. The first kappa shape index (κ1) is 13.3. The average Bonchev–Trinajstić information content (AvgIpc) is 2.85. The maximum absolute atomic E-state index is 12.1. The van der Waals surface area contributed by atoms with Crippen LogP contribution >= 0.6 is 0 Å². The number of aromatic amines is 1. The van der Waals surface area contributed by atoms with Crippen LogP contribution in [0.1, 0.15) is 12.5 Å². The van der Waals surface area contributed by atoms with Gasteiger partial charge in [0.25, 0.3) is 10.0 Å². The third kappa shape index (κ3) is 3.02. The highest BCUT2D eigenvalue weighted by Gasteiger charge is 2.16. The smallest absolute Gasteiger partial charge is 0.336 e. The Bertz CT molecular complexity index is 649. The lowest BCUT2D eigenvalue weighted by atomic mass is 10.2. The van der Waals surface area contributed by atoms with Gasteiger partial charge >= 0.3 is 6.01 Å². The number of anilines is 1. The molecule has 2 N–H and O–H groups in total. The van der Waals surface area contributed by atoms with Gasteiger partial charge in [-0.3, -0.25) is 0 Å². The number of rotatable bonds is 5. The van der Waals surface area contributed by atoms with Gasteiger partial charge in [-0.15, -0.1) is 5.10 Å². The Morgan fingerprint density at radius 1 is 1.32 bits per heavy atom. The van der Waals surface area contributed by atoms with Crippen molar-refractivity contribution in [1.29, 1.82) is 0 Å². The summed E-state index contributed by atoms with van der Waals surface area (Å²) in [4.78, 5) is 3.96. The Morgan fingerprint density at radius 3 is 2.53 bits per heavy atom. The molecule has 1 heterocycles. The number of aromatic nitrogens is 3. The zero-order valence-corrected chi connectivity index (χ0v) is 11.4. The Hall–Kier alpha value is -2.09. The van der Waals surface area contributed by atoms with Crippen molar-refractivity contribution in [1.82, 2.24) is 15.2 Å². The number of methoxy groups -OCH3 is 1. The van der Waals surface area contributed by atoms with Crippen LogP contribution in [0.3, 0.4) is 0 Å². The molecule has 1 aromatic heterocycles. The molecule has 102 valence electrons. The maximum atomic E-state index is 12.1. The van der Waals surface area contributed by atoms with E-state index in [0.29, 0.717) is 0 Å². The Kier molecular flexibility index (Phi) is 3.70. The molecule has 7 nitrogen and oxygen atoms in total. The lowest BCUT2D eigenvalue weighted by Crippen LogP contribution is -2.14. The fraction of sp³-hybridized carbons (Fsp3) is 0.273. The van der Waals surface area contributed by atoms with Gasteiger partial charge in [-0.1, -0.05) is 19.1 Å². The number of benzene rings is 1. The third-order valence-electron chi connectivity index (χ3n) is 2.52. The number of hydrogen-bond donors (Lipinski definition) is 2. The predicted molar refractivity (Wildman–Crippen MR) is 69.6 cm³/mol. The van der Waals surface area contributed by atoms with Crippen LogP contribution in [0.15, 0.2) is 29.2 Å². The second kappa shape index (κ2) is 5.27. The summed E-state index contributed by atoms with van der Waals surface area (Å²) in [7, 11) is -2.28. The van der Waals surface area contributed by atoms with E-state index in [1.54, 1.807) is 24.3 Å². The summed E-state index contributed by atoms with van der Waals surface area (Å²) in [6.07, 6.45) is 0.854. The summed E-state index contributed by atoms with van der Waals surface area (Å²) in [6, 6.07) is 6.72. The minimum atomic E-state index is -3.67. The molecule has 0 aliphatic rings. The van der Waals surface area contributed by atoms with Crippen molar-refractivity contribution in [2.24, 2.45) is 0 Å². The predicted octanol–water partition coefficient (Wildman–Crippen LogP) is 1.18. The molecule has 1 aromatic carbocycles. The summed E-state index contributed by atoms with van der Waals surface area (Å²) in [5.74, 6) is 0.0106. The fourth-order valence-corrected chi connectivity index (χ4v) is 2.43. The first-order valence-corrected chi connectivity index (χ1v) is 7.11. The number of nitrogens with one attached hydrogen (secondary N) is 2. The summed E-state index contributed by atoms with van der Waals surface area (Å²) in [5.41, 5.74) is 1.07. The molecule has 0 radical (unpaired) electrons. The molecule has 0 amide bonds. The topological polar surface area (TPSA) is 97.0 Å². The van der Waals surface area contributed by atoms with E-state index >= 15 is 0 Å². The van der Waals surface area contributed by atoms with Crippen LogP contribution in [0, 0.1) is 0 Å². The van der Waals surface area contributed by atoms with E-state index < -0.39 is 10.0 Å². The molecule has 0 aliphatic heterocycles. The van der Waals surface area contributed by atoms with Gasteiger partial charge in [0.2, 0.25) is 5.95 Å². The molecule has 0 saturated carbocycles. The van der Waals surface area contributed by atoms with Crippen molar-refractivity contribution in [2.75, 3.05) is 11.8 Å². The zero-order chi connectivity index (χ0) is 13.9. The van der Waals surface area contributed by atoms with Crippen molar-refractivity contribution in [3.63, 3.8) is 0 Å². The number of aryl methyl sites for hydroxylation is 1. The van der Waals surface area contributed by atoms with Crippen LogP contribution in [-0.2, 0) is 16.4 Å². The van der Waals surface area contributed by atoms with Crippen molar-refractivity contribution >= 4 is 16.0 Å². The summed E-state index contributed by atoms with van der Waals surface area (Å²) >= 11 is 0. The largest absolute Gasteiger partial charge is 0.466 e. The van der Waals surface area contributed by atoms with Crippen LogP contribution in [-0.4, -0.2) is 30.7 Å². The molecule has 0 saturated heterocycles. The molecule has 0 fully saturated rings. The Morgan fingerprint density at radius 2 is 2.00 bits per heavy atom. The molecule has 0 atom stereocenters. The Balaban J connectivity index is 2.21. The van der Waals surface area contributed by atoms with Crippen molar-refractivity contribution in [3.05, 3.63) is 29.8 Å². The van der Waals surface area contributed by atoms with Crippen LogP contribution in [0.2, 0.25) is 0 Å². The van der Waals surface area contributed by atoms with E-state index in [-0.39, 0.29) is 16.9 Å². The minimum Gasteiger partial charge on any atom is -0.466 e. The fourth-order valence-electron chi connectivity index (χ4n) is 1.47. The molecule has 0 spiro atoms. The molecule has 0 unspecified atom stereocenters. The monoisotopic (exact) mass is 282 g/mol. The van der Waals surface area contributed by atoms with Crippen molar-refractivity contribution in [3.8, 4) is 6.01 Å². The molecule has 0 bridgehead atoms. The van der Waals surface area contributed by atoms with Gasteiger partial charge in [0.15, 0.2) is 0 Å². The normalized spacial score (nSPS) is 11.3. The van der Waals surface area contributed by atoms with Gasteiger partial charge < -0.3 is 4.74 Å². The second-order valence-corrected chi connectivity index (χ2v) is 5.46. The minimum absolute atomic E-state index is 0.0106. The van der Waals surface area contributed by atoms with Gasteiger partial charge in [-0.25, -0.2) is 18.2 Å². The van der Waals surface area contributed by atoms with Gasteiger partial charge in [-0.2, -0.15) is 4.98 Å². The maximum Gasteiger partial charge on any atom is 0.336 e. The number of sulfonamides is 1. The number of H-pyrrole nitrogens is 1. The van der Waals surface area contributed by atoms with E-state index in [0.717, 1.165) is 12.0 Å². The molecule has 2 aromatic rings. The lowest BCUT2D eigenvalue weighted by molar-refractivity contribution is 0.382. The summed E-state index contributed by atoms with van der Waals surface area (Å²) in [6.45, 7) is 2.00. The summed E-state index contributed by atoms with van der Waals surface area (Å²) < 4.78 is 31.2. The summed E-state index contributed by atoms with van der Waals surface area (Å²) in [5, 5.41) is 6.08. The highest BCUT2D eigenvalue weighted by molar-refractivity contribution is 7.92. The highest BCUT2D eigenvalue weighted by atomic mass is 32.2. The van der Waals surface area contributed by atoms with Gasteiger partial charge in [-0.05, 0) is 24.1 Å². The van der Waals surface area contributed by atoms with E-state index in [4.69, 9.17) is 4.74 Å². The first-order chi connectivity index (χ1) is 9.05. The molecule has 2 rings (SSSR count). The highest BCUT2D eigenvalue weighted by Crippen LogP contribution is 2.15.